The second kappa shape index (κ2) is 7.99. The van der Waals surface area contributed by atoms with Crippen molar-refractivity contribution in [3.8, 4) is 0 Å². The van der Waals surface area contributed by atoms with Crippen LogP contribution in [0.5, 0.6) is 0 Å². The number of nitrogens with one attached hydrogen (secondary N) is 2. The number of imidazole rings is 1. The Morgan fingerprint density at radius 1 is 1.09 bits per heavy atom. The van der Waals surface area contributed by atoms with Crippen LogP contribution in [0.15, 0.2) is 29.1 Å². The number of nitrogens with zero attached hydrogens (tertiary/aromatic N) is 3. The van der Waals surface area contributed by atoms with Gasteiger partial charge in [-0.05, 0) is 55.6 Å². The molecule has 0 bridgehead atoms. The molecular formula is C25H33N5O4. The van der Waals surface area contributed by atoms with Crippen LogP contribution in [0.25, 0.3) is 11.0 Å². The van der Waals surface area contributed by atoms with Crippen molar-refractivity contribution in [2.24, 2.45) is 11.3 Å². The van der Waals surface area contributed by atoms with Gasteiger partial charge in [0.15, 0.2) is 0 Å². The van der Waals surface area contributed by atoms with Gasteiger partial charge in [-0.1, -0.05) is 32.9 Å². The lowest BCUT2D eigenvalue weighted by atomic mass is 9.64. The first-order chi connectivity index (χ1) is 16.1. The Bertz CT molecular complexity index is 1210. The minimum absolute atomic E-state index is 0.00126. The Labute approximate surface area is 198 Å². The van der Waals surface area contributed by atoms with Crippen LogP contribution in [0.3, 0.4) is 0 Å². The molecule has 2 saturated heterocycles. The fourth-order valence-electron chi connectivity index (χ4n) is 6.70. The number of carbonyl (C=O) groups is 3. The lowest BCUT2D eigenvalue weighted by molar-refractivity contribution is -0.141. The zero-order valence-corrected chi connectivity index (χ0v) is 20.1. The second-order valence-electron chi connectivity index (χ2n) is 11.2. The normalized spacial score (nSPS) is 27.6. The van der Waals surface area contributed by atoms with E-state index >= 15 is 0 Å². The van der Waals surface area contributed by atoms with Crippen LogP contribution >= 0.6 is 0 Å². The summed E-state index contributed by atoms with van der Waals surface area (Å²) >= 11 is 0. The standard InChI is InChI=1S/C25H33N5O4/c1-16-12-24(2,3)15-25(13-16)21(32)29(23(34)27-25)14-20(31)28-10-8-17(9-11-28)30-19-7-5-4-6-18(19)26-22(30)33/h4-7,16-17H,8-15H2,1-3H3,(H,26,33)(H,27,34)/t16-,25+/m1/s1. The number of carbonyl (C=O) groups excluding carboxylic acids is 3. The molecule has 182 valence electrons. The highest BCUT2D eigenvalue weighted by molar-refractivity contribution is 6.09. The summed E-state index contributed by atoms with van der Waals surface area (Å²) in [5.74, 6) is -0.185. The predicted molar refractivity (Wildman–Crippen MR) is 127 cm³/mol. The second-order valence-corrected chi connectivity index (χ2v) is 11.2. The van der Waals surface area contributed by atoms with Crippen LogP contribution in [0, 0.1) is 11.3 Å². The number of H-pyrrole nitrogens is 1. The van der Waals surface area contributed by atoms with Crippen molar-refractivity contribution in [1.82, 2.24) is 24.7 Å². The molecule has 1 aliphatic carbocycles. The third-order valence-electron chi connectivity index (χ3n) is 7.72. The molecule has 1 aromatic heterocycles. The molecule has 2 atom stereocenters. The first-order valence-corrected chi connectivity index (χ1v) is 12.2. The highest BCUT2D eigenvalue weighted by Gasteiger charge is 2.56. The van der Waals surface area contributed by atoms with Crippen molar-refractivity contribution in [2.45, 2.75) is 64.5 Å². The monoisotopic (exact) mass is 467 g/mol. The molecule has 3 aliphatic rings. The molecule has 0 radical (unpaired) electrons. The Morgan fingerprint density at radius 3 is 2.50 bits per heavy atom. The number of aromatic nitrogens is 2. The van der Waals surface area contributed by atoms with Gasteiger partial charge < -0.3 is 15.2 Å². The SMILES string of the molecule is C[C@@H]1CC(C)(C)C[C@]2(C1)NC(=O)N(CC(=O)N1CCC(n3c(=O)[nH]c4ccccc43)CC1)C2=O. The van der Waals surface area contributed by atoms with E-state index in [4.69, 9.17) is 0 Å². The first kappa shape index (κ1) is 22.7. The summed E-state index contributed by atoms with van der Waals surface area (Å²) in [5.41, 5.74) is 0.580. The van der Waals surface area contributed by atoms with Crippen LogP contribution in [0.1, 0.15) is 58.9 Å². The maximum absolute atomic E-state index is 13.3. The van der Waals surface area contributed by atoms with Gasteiger partial charge in [-0.3, -0.25) is 19.1 Å². The Balaban J connectivity index is 1.24. The van der Waals surface area contributed by atoms with Crippen molar-refractivity contribution >= 4 is 28.9 Å². The van der Waals surface area contributed by atoms with Crippen molar-refractivity contribution < 1.29 is 14.4 Å². The van der Waals surface area contributed by atoms with Gasteiger partial charge in [-0.25, -0.2) is 9.59 Å². The molecule has 3 fully saturated rings. The van der Waals surface area contributed by atoms with E-state index in [2.05, 4.69) is 31.1 Å². The van der Waals surface area contributed by atoms with Gasteiger partial charge in [0.2, 0.25) is 5.91 Å². The van der Waals surface area contributed by atoms with Crippen LogP contribution in [-0.2, 0) is 9.59 Å². The number of amides is 4. The average molecular weight is 468 g/mol. The van der Waals surface area contributed by atoms with E-state index < -0.39 is 11.6 Å². The van der Waals surface area contributed by atoms with Gasteiger partial charge in [0, 0.05) is 19.1 Å². The molecular weight excluding hydrogens is 434 g/mol. The van der Waals surface area contributed by atoms with Gasteiger partial charge in [-0.2, -0.15) is 0 Å². The van der Waals surface area contributed by atoms with E-state index in [0.29, 0.717) is 44.7 Å². The number of likely N-dealkylation sites (tertiary alicyclic amines) is 1. The van der Waals surface area contributed by atoms with E-state index in [1.54, 1.807) is 9.47 Å². The van der Waals surface area contributed by atoms with Gasteiger partial charge in [0.05, 0.1) is 11.0 Å². The number of urea groups is 1. The number of hydrogen-bond donors (Lipinski definition) is 2. The predicted octanol–water partition coefficient (Wildman–Crippen LogP) is 2.63. The number of para-hydroxylation sites is 2. The summed E-state index contributed by atoms with van der Waals surface area (Å²) in [5, 5.41) is 2.94. The van der Waals surface area contributed by atoms with Crippen LogP contribution in [0.2, 0.25) is 0 Å². The summed E-state index contributed by atoms with van der Waals surface area (Å²) in [7, 11) is 0. The first-order valence-electron chi connectivity index (χ1n) is 12.2. The fourth-order valence-corrected chi connectivity index (χ4v) is 6.70. The summed E-state index contributed by atoms with van der Waals surface area (Å²) in [6.45, 7) is 7.09. The highest BCUT2D eigenvalue weighted by Crippen LogP contribution is 2.46. The molecule has 5 rings (SSSR count). The van der Waals surface area contributed by atoms with Gasteiger partial charge >= 0.3 is 11.7 Å². The minimum Gasteiger partial charge on any atom is -0.341 e. The lowest BCUT2D eigenvalue weighted by Crippen LogP contribution is -2.54. The summed E-state index contributed by atoms with van der Waals surface area (Å²) in [4.78, 5) is 57.4. The Kier molecular flexibility index (Phi) is 5.33. The average Bonchev–Trinajstić information content (AvgIpc) is 3.20. The molecule has 2 aromatic rings. The van der Waals surface area contributed by atoms with Gasteiger partial charge in [0.25, 0.3) is 5.91 Å². The van der Waals surface area contributed by atoms with E-state index in [1.807, 2.05) is 24.3 Å². The zero-order chi connectivity index (χ0) is 24.3. The number of fused-ring (bicyclic) bond motifs is 1. The lowest BCUT2D eigenvalue weighted by Gasteiger charge is -2.43. The van der Waals surface area contributed by atoms with Crippen molar-refractivity contribution in [1.29, 1.82) is 0 Å². The number of imide groups is 1. The Hall–Kier alpha value is -3.10. The van der Waals surface area contributed by atoms with Crippen molar-refractivity contribution in [3.63, 3.8) is 0 Å². The van der Waals surface area contributed by atoms with E-state index in [9.17, 15) is 19.2 Å². The molecule has 34 heavy (non-hydrogen) atoms. The molecule has 2 N–H and O–H groups in total. The maximum atomic E-state index is 13.3. The topological polar surface area (TPSA) is 108 Å². The van der Waals surface area contributed by atoms with E-state index in [0.717, 1.165) is 22.4 Å². The van der Waals surface area contributed by atoms with E-state index in [1.165, 1.54) is 0 Å². The molecule has 9 heteroatoms. The molecule has 1 aromatic carbocycles. The number of aromatic amines is 1. The van der Waals surface area contributed by atoms with Crippen LogP contribution in [0.4, 0.5) is 4.79 Å². The van der Waals surface area contributed by atoms with E-state index in [-0.39, 0.29) is 35.5 Å². The fraction of sp³-hybridized carbons (Fsp3) is 0.600. The van der Waals surface area contributed by atoms with Gasteiger partial charge in [0.1, 0.15) is 12.1 Å². The Morgan fingerprint density at radius 2 is 1.79 bits per heavy atom. The van der Waals surface area contributed by atoms with Crippen molar-refractivity contribution in [2.75, 3.05) is 19.6 Å². The largest absolute Gasteiger partial charge is 0.341 e. The van der Waals surface area contributed by atoms with Crippen molar-refractivity contribution in [3.05, 3.63) is 34.7 Å². The third kappa shape index (κ3) is 3.80. The molecule has 1 saturated carbocycles. The summed E-state index contributed by atoms with van der Waals surface area (Å²) in [6.07, 6.45) is 3.48. The van der Waals surface area contributed by atoms with Crippen LogP contribution < -0.4 is 11.0 Å². The molecule has 0 unspecified atom stereocenters. The number of piperidine rings is 1. The molecule has 2 aliphatic heterocycles. The smallest absolute Gasteiger partial charge is 0.326 e. The maximum Gasteiger partial charge on any atom is 0.326 e. The highest BCUT2D eigenvalue weighted by atomic mass is 16.2. The quantitative estimate of drug-likeness (QED) is 0.677. The molecule has 1 spiro atoms. The van der Waals surface area contributed by atoms with Gasteiger partial charge in [-0.15, -0.1) is 0 Å². The van der Waals surface area contributed by atoms with Crippen LogP contribution in [-0.4, -0.2) is 62.4 Å². The number of benzene rings is 1. The number of rotatable bonds is 3. The number of hydrogen-bond acceptors (Lipinski definition) is 4. The third-order valence-corrected chi connectivity index (χ3v) is 7.72. The zero-order valence-electron chi connectivity index (χ0n) is 20.1. The molecule has 9 nitrogen and oxygen atoms in total. The minimum atomic E-state index is -0.901. The molecule has 3 heterocycles. The summed E-state index contributed by atoms with van der Waals surface area (Å²) < 4.78 is 1.78. The molecule has 4 amide bonds. The summed E-state index contributed by atoms with van der Waals surface area (Å²) in [6, 6.07) is 7.13.